The van der Waals surface area contributed by atoms with Crippen molar-refractivity contribution in [2.75, 3.05) is 7.11 Å². The van der Waals surface area contributed by atoms with Crippen molar-refractivity contribution in [2.24, 2.45) is 0 Å². The summed E-state index contributed by atoms with van der Waals surface area (Å²) in [4.78, 5) is 11.5. The molecule has 0 aliphatic heterocycles. The van der Waals surface area contributed by atoms with E-state index in [-0.39, 0.29) is 5.63 Å². The van der Waals surface area contributed by atoms with E-state index in [1.807, 2.05) is 37.3 Å². The molecule has 0 N–H and O–H groups in total. The largest absolute Gasteiger partial charge is 0.496 e. The van der Waals surface area contributed by atoms with Gasteiger partial charge in [-0.1, -0.05) is 15.9 Å². The third kappa shape index (κ3) is 3.40. The van der Waals surface area contributed by atoms with Crippen molar-refractivity contribution in [3.63, 3.8) is 0 Å². The smallest absolute Gasteiger partial charge is 0.336 e. The predicted molar refractivity (Wildman–Crippen MR) is 92.2 cm³/mol. The summed E-state index contributed by atoms with van der Waals surface area (Å²) >= 11 is 3.44. The molecule has 0 unspecified atom stereocenters. The number of aryl methyl sites for hydroxylation is 1. The molecule has 1 aromatic heterocycles. The van der Waals surface area contributed by atoms with E-state index in [0.29, 0.717) is 17.9 Å². The SMILES string of the molecule is COc1ccc(Br)cc1COc1ccc2c(C)cc(=O)oc2c1. The Hall–Kier alpha value is -2.27. The second-order valence-electron chi connectivity index (χ2n) is 5.15. The van der Waals surface area contributed by atoms with E-state index in [0.717, 1.165) is 26.7 Å². The first-order valence-electron chi connectivity index (χ1n) is 7.06. The molecule has 0 saturated carbocycles. The fourth-order valence-corrected chi connectivity index (χ4v) is 2.82. The number of fused-ring (bicyclic) bond motifs is 1. The van der Waals surface area contributed by atoms with Crippen molar-refractivity contribution >= 4 is 26.9 Å². The standard InChI is InChI=1S/C18H15BrO4/c1-11-7-18(20)23-17-9-14(4-5-15(11)17)22-10-12-8-13(19)3-6-16(12)21-2/h3-9H,10H2,1-2H3. The highest BCUT2D eigenvalue weighted by Gasteiger charge is 2.07. The van der Waals surface area contributed by atoms with Crippen LogP contribution < -0.4 is 15.1 Å². The predicted octanol–water partition coefficient (Wildman–Crippen LogP) is 4.45. The van der Waals surface area contributed by atoms with Crippen LogP contribution in [0.15, 0.2) is 56.1 Å². The zero-order valence-electron chi connectivity index (χ0n) is 12.8. The summed E-state index contributed by atoms with van der Waals surface area (Å²) in [6, 6.07) is 12.7. The van der Waals surface area contributed by atoms with Gasteiger partial charge < -0.3 is 13.9 Å². The van der Waals surface area contributed by atoms with Crippen LogP contribution in [0, 0.1) is 6.92 Å². The van der Waals surface area contributed by atoms with Crippen LogP contribution in [0.1, 0.15) is 11.1 Å². The molecule has 0 fully saturated rings. The monoisotopic (exact) mass is 374 g/mol. The summed E-state index contributed by atoms with van der Waals surface area (Å²) in [5, 5.41) is 0.900. The molecule has 4 nitrogen and oxygen atoms in total. The zero-order chi connectivity index (χ0) is 16.4. The fourth-order valence-electron chi connectivity index (χ4n) is 2.42. The molecular formula is C18H15BrO4. The van der Waals surface area contributed by atoms with Crippen molar-refractivity contribution in [3.05, 3.63) is 68.5 Å². The van der Waals surface area contributed by atoms with Crippen molar-refractivity contribution in [1.29, 1.82) is 0 Å². The molecule has 0 amide bonds. The molecule has 0 atom stereocenters. The Labute approximate surface area is 141 Å². The highest BCUT2D eigenvalue weighted by atomic mass is 79.9. The lowest BCUT2D eigenvalue weighted by atomic mass is 10.1. The first-order chi connectivity index (χ1) is 11.1. The number of methoxy groups -OCH3 is 1. The minimum Gasteiger partial charge on any atom is -0.496 e. The van der Waals surface area contributed by atoms with Crippen LogP contribution in [0.5, 0.6) is 11.5 Å². The maximum atomic E-state index is 11.5. The van der Waals surface area contributed by atoms with Crippen LogP contribution >= 0.6 is 15.9 Å². The van der Waals surface area contributed by atoms with Gasteiger partial charge in [0.15, 0.2) is 0 Å². The Morgan fingerprint density at radius 1 is 1.13 bits per heavy atom. The number of ether oxygens (including phenoxy) is 2. The highest BCUT2D eigenvalue weighted by molar-refractivity contribution is 9.10. The van der Waals surface area contributed by atoms with E-state index < -0.39 is 0 Å². The summed E-state index contributed by atoms with van der Waals surface area (Å²) in [5.74, 6) is 1.39. The van der Waals surface area contributed by atoms with E-state index in [2.05, 4.69) is 15.9 Å². The molecule has 0 bridgehead atoms. The first-order valence-corrected chi connectivity index (χ1v) is 7.86. The van der Waals surface area contributed by atoms with Gasteiger partial charge in [0.05, 0.1) is 7.11 Å². The lowest BCUT2D eigenvalue weighted by Crippen LogP contribution is -2.00. The summed E-state index contributed by atoms with van der Waals surface area (Å²) in [5.41, 5.74) is 1.97. The van der Waals surface area contributed by atoms with Crippen LogP contribution in [-0.4, -0.2) is 7.11 Å². The summed E-state index contributed by atoms with van der Waals surface area (Å²) < 4.78 is 17.3. The Morgan fingerprint density at radius 3 is 2.74 bits per heavy atom. The molecule has 0 spiro atoms. The Balaban J connectivity index is 1.88. The van der Waals surface area contributed by atoms with Crippen LogP contribution in [0.2, 0.25) is 0 Å². The number of hydrogen-bond acceptors (Lipinski definition) is 4. The summed E-state index contributed by atoms with van der Waals surface area (Å²) in [7, 11) is 1.63. The molecule has 1 heterocycles. The van der Waals surface area contributed by atoms with E-state index in [1.165, 1.54) is 6.07 Å². The third-order valence-electron chi connectivity index (χ3n) is 3.56. The molecule has 0 aliphatic rings. The second kappa shape index (κ2) is 6.46. The minimum absolute atomic E-state index is 0.351. The quantitative estimate of drug-likeness (QED) is 0.632. The van der Waals surface area contributed by atoms with Crippen LogP contribution in [-0.2, 0) is 6.61 Å². The molecule has 5 heteroatoms. The maximum Gasteiger partial charge on any atom is 0.336 e. The molecule has 118 valence electrons. The average molecular weight is 375 g/mol. The Bertz CT molecular complexity index is 915. The number of halogens is 1. The summed E-state index contributed by atoms with van der Waals surface area (Å²) in [6.45, 7) is 2.23. The molecule has 3 aromatic rings. The lowest BCUT2D eigenvalue weighted by Gasteiger charge is -2.11. The van der Waals surface area contributed by atoms with Gasteiger partial charge in [0, 0.05) is 27.6 Å². The number of hydrogen-bond donors (Lipinski definition) is 0. The van der Waals surface area contributed by atoms with E-state index >= 15 is 0 Å². The van der Waals surface area contributed by atoms with Gasteiger partial charge in [-0.3, -0.25) is 0 Å². The van der Waals surface area contributed by atoms with E-state index in [4.69, 9.17) is 13.9 Å². The van der Waals surface area contributed by atoms with Crippen LogP contribution in [0.25, 0.3) is 11.0 Å². The van der Waals surface area contributed by atoms with Crippen molar-refractivity contribution in [2.45, 2.75) is 13.5 Å². The van der Waals surface area contributed by atoms with Gasteiger partial charge in [0.2, 0.25) is 0 Å². The Kier molecular flexibility index (Phi) is 4.39. The lowest BCUT2D eigenvalue weighted by molar-refractivity contribution is 0.296. The van der Waals surface area contributed by atoms with Gasteiger partial charge >= 0.3 is 5.63 Å². The molecule has 0 aliphatic carbocycles. The van der Waals surface area contributed by atoms with E-state index in [9.17, 15) is 4.79 Å². The van der Waals surface area contributed by atoms with Gasteiger partial charge in [-0.2, -0.15) is 0 Å². The molecule has 3 rings (SSSR count). The maximum absolute atomic E-state index is 11.5. The van der Waals surface area contributed by atoms with E-state index in [1.54, 1.807) is 13.2 Å². The molecule has 23 heavy (non-hydrogen) atoms. The van der Waals surface area contributed by atoms with Crippen LogP contribution in [0.4, 0.5) is 0 Å². The molecule has 0 radical (unpaired) electrons. The van der Waals surface area contributed by atoms with Gasteiger partial charge in [-0.05, 0) is 42.8 Å². The topological polar surface area (TPSA) is 48.7 Å². The molecule has 0 saturated heterocycles. The molecular weight excluding hydrogens is 360 g/mol. The van der Waals surface area contributed by atoms with Crippen LogP contribution in [0.3, 0.4) is 0 Å². The van der Waals surface area contributed by atoms with Gasteiger partial charge in [-0.15, -0.1) is 0 Å². The highest BCUT2D eigenvalue weighted by Crippen LogP contribution is 2.26. The van der Waals surface area contributed by atoms with Crippen molar-refractivity contribution < 1.29 is 13.9 Å². The average Bonchev–Trinajstić information content (AvgIpc) is 2.52. The van der Waals surface area contributed by atoms with Gasteiger partial charge in [0.25, 0.3) is 0 Å². The zero-order valence-corrected chi connectivity index (χ0v) is 14.3. The number of benzene rings is 2. The van der Waals surface area contributed by atoms with Crippen molar-refractivity contribution in [1.82, 2.24) is 0 Å². The number of rotatable bonds is 4. The minimum atomic E-state index is -0.360. The van der Waals surface area contributed by atoms with Crippen molar-refractivity contribution in [3.8, 4) is 11.5 Å². The normalized spacial score (nSPS) is 10.7. The molecule has 2 aromatic carbocycles. The fraction of sp³-hybridized carbons (Fsp3) is 0.167. The summed E-state index contributed by atoms with van der Waals surface area (Å²) in [6.07, 6.45) is 0. The first kappa shape index (κ1) is 15.6. The van der Waals surface area contributed by atoms with Gasteiger partial charge in [-0.25, -0.2) is 4.79 Å². The Morgan fingerprint density at radius 2 is 1.96 bits per heavy atom. The third-order valence-corrected chi connectivity index (χ3v) is 4.05. The van der Waals surface area contributed by atoms with Gasteiger partial charge in [0.1, 0.15) is 23.7 Å². The second-order valence-corrected chi connectivity index (χ2v) is 6.07.